The highest BCUT2D eigenvalue weighted by atomic mass is 79.9. The smallest absolute Gasteiger partial charge is 0.244 e. The zero-order valence-corrected chi connectivity index (χ0v) is 13.2. The van der Waals surface area contributed by atoms with Gasteiger partial charge in [0.05, 0.1) is 6.26 Å². The summed E-state index contributed by atoms with van der Waals surface area (Å²) in [4.78, 5) is 4.13. The number of pyridine rings is 1. The molecule has 108 valence electrons. The van der Waals surface area contributed by atoms with Crippen molar-refractivity contribution in [3.05, 3.63) is 40.9 Å². The van der Waals surface area contributed by atoms with Crippen LogP contribution in [0.3, 0.4) is 0 Å². The van der Waals surface area contributed by atoms with Crippen LogP contribution in [0.2, 0.25) is 0 Å². The van der Waals surface area contributed by atoms with Gasteiger partial charge in [0.2, 0.25) is 10.0 Å². The van der Waals surface area contributed by atoms with E-state index in [0.29, 0.717) is 16.7 Å². The predicted octanol–water partition coefficient (Wildman–Crippen LogP) is 2.00. The lowest BCUT2D eigenvalue weighted by Crippen LogP contribution is -2.26. The van der Waals surface area contributed by atoms with Crippen LogP contribution in [-0.4, -0.2) is 27.0 Å². The molecule has 0 aliphatic rings. The van der Waals surface area contributed by atoms with Crippen molar-refractivity contribution >= 4 is 31.8 Å². The van der Waals surface area contributed by atoms with Gasteiger partial charge in [0.25, 0.3) is 0 Å². The Labute approximate surface area is 125 Å². The van der Waals surface area contributed by atoms with Gasteiger partial charge in [0, 0.05) is 30.7 Å². The highest BCUT2D eigenvalue weighted by Crippen LogP contribution is 2.22. The molecule has 0 saturated heterocycles. The van der Waals surface area contributed by atoms with Crippen LogP contribution in [-0.2, 0) is 16.4 Å². The van der Waals surface area contributed by atoms with Crippen molar-refractivity contribution in [2.75, 3.05) is 18.9 Å². The number of sulfonamides is 1. The summed E-state index contributed by atoms with van der Waals surface area (Å²) in [6, 6.07) is 5.07. The quantitative estimate of drug-likeness (QED) is 0.823. The second kappa shape index (κ2) is 6.38. The highest BCUT2D eigenvalue weighted by Gasteiger charge is 2.19. The molecule has 0 aromatic carbocycles. The summed E-state index contributed by atoms with van der Waals surface area (Å²) in [6.07, 6.45) is 3.58. The van der Waals surface area contributed by atoms with Crippen LogP contribution in [0.5, 0.6) is 0 Å². The Morgan fingerprint density at radius 2 is 2.25 bits per heavy atom. The zero-order chi connectivity index (χ0) is 14.6. The molecule has 8 heteroatoms. The molecular weight excluding hydrogens is 346 g/mol. The van der Waals surface area contributed by atoms with Crippen molar-refractivity contribution < 1.29 is 12.8 Å². The number of hydrogen-bond acceptors (Lipinski definition) is 5. The first kappa shape index (κ1) is 15.0. The average Bonchev–Trinajstić information content (AvgIpc) is 2.91. The number of nitrogens with zero attached hydrogens (tertiary/aromatic N) is 1. The van der Waals surface area contributed by atoms with Gasteiger partial charge >= 0.3 is 0 Å². The molecule has 0 atom stereocenters. The summed E-state index contributed by atoms with van der Waals surface area (Å²) in [6.45, 7) is 0.255. The van der Waals surface area contributed by atoms with E-state index >= 15 is 0 Å². The topological polar surface area (TPSA) is 84.2 Å². The minimum Gasteiger partial charge on any atom is -0.469 e. The molecule has 20 heavy (non-hydrogen) atoms. The molecule has 2 N–H and O–H groups in total. The van der Waals surface area contributed by atoms with Crippen molar-refractivity contribution in [2.24, 2.45) is 0 Å². The second-order valence-corrected chi connectivity index (χ2v) is 6.63. The van der Waals surface area contributed by atoms with E-state index in [-0.39, 0.29) is 11.4 Å². The molecule has 0 unspecified atom stereocenters. The van der Waals surface area contributed by atoms with E-state index in [9.17, 15) is 8.42 Å². The van der Waals surface area contributed by atoms with Crippen LogP contribution in [0.15, 0.2) is 44.4 Å². The SMILES string of the molecule is CNc1ncc(Br)cc1S(=O)(=O)NCCc1ccco1. The lowest BCUT2D eigenvalue weighted by Gasteiger charge is -2.10. The number of furan rings is 1. The van der Waals surface area contributed by atoms with E-state index in [4.69, 9.17) is 4.42 Å². The molecule has 2 aromatic rings. The van der Waals surface area contributed by atoms with Crippen molar-refractivity contribution in [3.63, 3.8) is 0 Å². The number of halogens is 1. The molecule has 0 radical (unpaired) electrons. The van der Waals surface area contributed by atoms with E-state index in [1.807, 2.05) is 0 Å². The monoisotopic (exact) mass is 359 g/mol. The summed E-state index contributed by atoms with van der Waals surface area (Å²) in [7, 11) is -2.00. The Kier molecular flexibility index (Phi) is 4.79. The third kappa shape index (κ3) is 3.59. The first-order chi connectivity index (χ1) is 9.53. The van der Waals surface area contributed by atoms with Crippen LogP contribution >= 0.6 is 15.9 Å². The van der Waals surface area contributed by atoms with Crippen molar-refractivity contribution in [2.45, 2.75) is 11.3 Å². The first-order valence-corrected chi connectivity index (χ1v) is 8.16. The fraction of sp³-hybridized carbons (Fsp3) is 0.250. The summed E-state index contributed by atoms with van der Waals surface area (Å²) in [5.41, 5.74) is 0. The van der Waals surface area contributed by atoms with Gasteiger partial charge in [-0.1, -0.05) is 0 Å². The minimum absolute atomic E-state index is 0.105. The molecule has 0 amide bonds. The molecule has 0 saturated carbocycles. The van der Waals surface area contributed by atoms with Gasteiger partial charge in [-0.2, -0.15) is 0 Å². The lowest BCUT2D eigenvalue weighted by molar-refractivity contribution is 0.506. The number of anilines is 1. The standard InChI is InChI=1S/C12H14BrN3O3S/c1-14-12-11(7-9(13)8-15-12)20(17,18)16-5-4-10-3-2-6-19-10/h2-3,6-8,16H,4-5H2,1H3,(H,14,15). The molecule has 6 nitrogen and oxygen atoms in total. The maximum Gasteiger partial charge on any atom is 0.244 e. The molecule has 0 spiro atoms. The van der Waals surface area contributed by atoms with Gasteiger partial charge in [-0.25, -0.2) is 18.1 Å². The van der Waals surface area contributed by atoms with E-state index in [1.54, 1.807) is 25.4 Å². The van der Waals surface area contributed by atoms with E-state index in [1.165, 1.54) is 12.3 Å². The predicted molar refractivity (Wildman–Crippen MR) is 79.1 cm³/mol. The van der Waals surface area contributed by atoms with E-state index in [2.05, 4.69) is 31.0 Å². The zero-order valence-electron chi connectivity index (χ0n) is 10.8. The summed E-state index contributed by atoms with van der Waals surface area (Å²) >= 11 is 3.22. The van der Waals surface area contributed by atoms with Crippen LogP contribution in [0.1, 0.15) is 5.76 Å². The van der Waals surface area contributed by atoms with Crippen molar-refractivity contribution in [1.82, 2.24) is 9.71 Å². The average molecular weight is 360 g/mol. The summed E-state index contributed by atoms with van der Waals surface area (Å²) in [5.74, 6) is 1.03. The van der Waals surface area contributed by atoms with Crippen molar-refractivity contribution in [3.8, 4) is 0 Å². The molecule has 0 aliphatic heterocycles. The van der Waals surface area contributed by atoms with Crippen LogP contribution < -0.4 is 10.0 Å². The van der Waals surface area contributed by atoms with Crippen LogP contribution in [0.25, 0.3) is 0 Å². The lowest BCUT2D eigenvalue weighted by atomic mass is 10.3. The van der Waals surface area contributed by atoms with Gasteiger partial charge in [-0.15, -0.1) is 0 Å². The van der Waals surface area contributed by atoms with E-state index < -0.39 is 10.0 Å². The Hall–Kier alpha value is -1.38. The van der Waals surface area contributed by atoms with Gasteiger partial charge in [-0.05, 0) is 34.1 Å². The fourth-order valence-electron chi connectivity index (χ4n) is 1.65. The Bertz CT molecular complexity index is 671. The minimum atomic E-state index is -3.63. The molecule has 2 rings (SSSR count). The van der Waals surface area contributed by atoms with Gasteiger partial charge in [0.1, 0.15) is 16.5 Å². The number of nitrogens with one attached hydrogen (secondary N) is 2. The first-order valence-electron chi connectivity index (χ1n) is 5.88. The molecule has 2 aromatic heterocycles. The Morgan fingerprint density at radius 1 is 1.45 bits per heavy atom. The van der Waals surface area contributed by atoms with Gasteiger partial charge in [-0.3, -0.25) is 0 Å². The fourth-order valence-corrected chi connectivity index (χ4v) is 3.36. The van der Waals surface area contributed by atoms with Crippen LogP contribution in [0.4, 0.5) is 5.82 Å². The molecule has 2 heterocycles. The number of hydrogen-bond donors (Lipinski definition) is 2. The summed E-state index contributed by atoms with van der Waals surface area (Å²) < 4.78 is 32.8. The molecule has 0 fully saturated rings. The Balaban J connectivity index is 2.11. The summed E-state index contributed by atoms with van der Waals surface area (Å²) in [5, 5.41) is 2.76. The second-order valence-electron chi connectivity index (χ2n) is 3.98. The van der Waals surface area contributed by atoms with Gasteiger partial charge < -0.3 is 9.73 Å². The van der Waals surface area contributed by atoms with Crippen LogP contribution in [0, 0.1) is 0 Å². The normalized spacial score (nSPS) is 11.5. The maximum atomic E-state index is 12.3. The maximum absolute atomic E-state index is 12.3. The molecular formula is C12H14BrN3O3S. The molecule has 0 bridgehead atoms. The third-order valence-electron chi connectivity index (χ3n) is 2.59. The number of aromatic nitrogens is 1. The van der Waals surface area contributed by atoms with Gasteiger partial charge in [0.15, 0.2) is 0 Å². The van der Waals surface area contributed by atoms with E-state index in [0.717, 1.165) is 5.76 Å². The Morgan fingerprint density at radius 3 is 2.90 bits per heavy atom. The highest BCUT2D eigenvalue weighted by molar-refractivity contribution is 9.10. The molecule has 0 aliphatic carbocycles. The number of rotatable bonds is 6. The third-order valence-corrected chi connectivity index (χ3v) is 4.50. The largest absolute Gasteiger partial charge is 0.469 e. The van der Waals surface area contributed by atoms with Crippen molar-refractivity contribution in [1.29, 1.82) is 0 Å².